The molecule has 0 aromatic carbocycles. The fraction of sp³-hybridized carbons (Fsp3) is 0.400. The molecule has 2 aromatic heterocycles. The average Bonchev–Trinajstić information content (AvgIpc) is 2.70. The van der Waals surface area contributed by atoms with Crippen molar-refractivity contribution in [2.45, 2.75) is 26.2 Å². The number of urea groups is 1. The van der Waals surface area contributed by atoms with Crippen LogP contribution in [0.2, 0.25) is 0 Å². The molecule has 2 heterocycles. The zero-order valence-corrected chi connectivity index (χ0v) is 17.9. The van der Waals surface area contributed by atoms with Crippen LogP contribution in [0.3, 0.4) is 0 Å². The number of allylic oxidation sites excluding steroid dienone is 4. The van der Waals surface area contributed by atoms with E-state index in [0.29, 0.717) is 48.8 Å². The van der Waals surface area contributed by atoms with Gasteiger partial charge in [-0.3, -0.25) is 10.3 Å². The summed E-state index contributed by atoms with van der Waals surface area (Å²) in [6.07, 6.45) is 11.4. The zero-order valence-electron chi connectivity index (χ0n) is 17.1. The molecular formula is C20H26N6O3S. The minimum Gasteiger partial charge on any atom is -0.338 e. The Morgan fingerprint density at radius 3 is 2.73 bits per heavy atom. The molecule has 2 amide bonds. The molecule has 160 valence electrons. The van der Waals surface area contributed by atoms with Crippen molar-refractivity contribution in [3.8, 4) is 0 Å². The zero-order chi connectivity index (χ0) is 21.6. The smallest absolute Gasteiger partial charge is 0.320 e. The Hall–Kier alpha value is -2.85. The van der Waals surface area contributed by atoms with E-state index in [-0.39, 0.29) is 6.03 Å². The molecule has 0 saturated carbocycles. The summed E-state index contributed by atoms with van der Waals surface area (Å²) in [5.74, 6) is 0.900. The molecule has 0 fully saturated rings. The second-order valence-electron chi connectivity index (χ2n) is 7.28. The first-order valence-electron chi connectivity index (χ1n) is 9.82. The molecule has 10 heteroatoms. The number of nitrogens with one attached hydrogen (secondary N) is 3. The van der Waals surface area contributed by atoms with Crippen LogP contribution in [0.4, 0.5) is 10.6 Å². The molecule has 9 nitrogen and oxygen atoms in total. The van der Waals surface area contributed by atoms with Crippen molar-refractivity contribution in [3.63, 3.8) is 0 Å². The van der Waals surface area contributed by atoms with Gasteiger partial charge in [0.25, 0.3) is 0 Å². The van der Waals surface area contributed by atoms with Gasteiger partial charge in [0.15, 0.2) is 5.65 Å². The average molecular weight is 431 g/mol. The maximum Gasteiger partial charge on any atom is 0.320 e. The van der Waals surface area contributed by atoms with Crippen molar-refractivity contribution in [1.82, 2.24) is 25.0 Å². The summed E-state index contributed by atoms with van der Waals surface area (Å²) in [7, 11) is -3.18. The number of nitrogens with zero attached hydrogens (tertiary/aromatic N) is 3. The quantitative estimate of drug-likeness (QED) is 0.552. The van der Waals surface area contributed by atoms with Crippen LogP contribution in [-0.2, 0) is 10.0 Å². The summed E-state index contributed by atoms with van der Waals surface area (Å²) in [6.45, 7) is 2.93. The van der Waals surface area contributed by atoms with Gasteiger partial charge in [-0.15, -0.1) is 0 Å². The first-order chi connectivity index (χ1) is 14.3. The number of fused-ring (bicyclic) bond motifs is 1. The van der Waals surface area contributed by atoms with E-state index in [4.69, 9.17) is 0 Å². The number of carbonyl (C=O) groups excluding carboxylic acids is 1. The van der Waals surface area contributed by atoms with Crippen molar-refractivity contribution in [3.05, 3.63) is 42.3 Å². The minimum absolute atomic E-state index is 0.347. The van der Waals surface area contributed by atoms with Gasteiger partial charge in [0.05, 0.1) is 18.1 Å². The lowest BCUT2D eigenvalue weighted by Gasteiger charge is -2.11. The van der Waals surface area contributed by atoms with E-state index in [0.717, 1.165) is 23.9 Å². The van der Waals surface area contributed by atoms with Crippen LogP contribution in [0.25, 0.3) is 16.7 Å². The van der Waals surface area contributed by atoms with Gasteiger partial charge in [0.2, 0.25) is 10.0 Å². The van der Waals surface area contributed by atoms with E-state index >= 15 is 0 Å². The van der Waals surface area contributed by atoms with Crippen LogP contribution in [0.1, 0.15) is 31.9 Å². The first kappa shape index (κ1) is 21.8. The molecule has 0 spiro atoms. The standard InChI is InChI=1S/C20H26N6O3S/c1-14-5-7-15(8-6-14)17-13-22-16-9-10-18(25-19(16)24-17)26-20(27)21-11-3-4-12-23-30(2,28)29/h5,7-10,13-14,23H,3-4,6,11-12H2,1-2H3,(H2,21,24,25,26,27). The summed E-state index contributed by atoms with van der Waals surface area (Å²) in [5.41, 5.74) is 2.88. The third kappa shape index (κ3) is 6.60. The van der Waals surface area contributed by atoms with Gasteiger partial charge in [-0.25, -0.2) is 27.9 Å². The highest BCUT2D eigenvalue weighted by Crippen LogP contribution is 2.23. The van der Waals surface area contributed by atoms with Crippen LogP contribution in [0, 0.1) is 5.92 Å². The Balaban J connectivity index is 1.54. The SMILES string of the molecule is CC1C=CC(c2cnc3ccc(NC(=O)NCCCCNS(C)(=O)=O)nc3n2)=CC1. The van der Waals surface area contributed by atoms with Crippen molar-refractivity contribution in [2.75, 3.05) is 24.7 Å². The molecule has 1 unspecified atom stereocenters. The minimum atomic E-state index is -3.18. The van der Waals surface area contributed by atoms with Crippen LogP contribution < -0.4 is 15.4 Å². The topological polar surface area (TPSA) is 126 Å². The van der Waals surface area contributed by atoms with Crippen molar-refractivity contribution in [1.29, 1.82) is 0 Å². The number of carbonyl (C=O) groups is 1. The van der Waals surface area contributed by atoms with E-state index in [9.17, 15) is 13.2 Å². The largest absolute Gasteiger partial charge is 0.338 e. The van der Waals surface area contributed by atoms with Crippen LogP contribution in [-0.4, -0.2) is 48.7 Å². The third-order valence-corrected chi connectivity index (χ3v) is 5.24. The Bertz CT molecular complexity index is 1080. The number of unbranched alkanes of at least 4 members (excludes halogenated alkanes) is 1. The first-order valence-corrected chi connectivity index (χ1v) is 11.7. The highest BCUT2D eigenvalue weighted by atomic mass is 32.2. The number of anilines is 1. The lowest BCUT2D eigenvalue weighted by atomic mass is 9.97. The highest BCUT2D eigenvalue weighted by molar-refractivity contribution is 7.88. The molecule has 1 aliphatic rings. The normalized spacial score (nSPS) is 16.3. The predicted octanol–water partition coefficient (Wildman–Crippen LogP) is 2.46. The lowest BCUT2D eigenvalue weighted by molar-refractivity contribution is 0.252. The summed E-state index contributed by atoms with van der Waals surface area (Å²) in [4.78, 5) is 25.5. The van der Waals surface area contributed by atoms with Crippen LogP contribution in [0.15, 0.2) is 36.6 Å². The second kappa shape index (κ2) is 9.77. The van der Waals surface area contributed by atoms with E-state index in [1.165, 1.54) is 0 Å². The van der Waals surface area contributed by atoms with Gasteiger partial charge in [-0.2, -0.15) is 0 Å². The molecule has 0 bridgehead atoms. The van der Waals surface area contributed by atoms with Crippen molar-refractivity contribution >= 4 is 38.6 Å². The van der Waals surface area contributed by atoms with Gasteiger partial charge in [-0.05, 0) is 42.9 Å². The highest BCUT2D eigenvalue weighted by Gasteiger charge is 2.10. The van der Waals surface area contributed by atoms with E-state index in [1.807, 2.05) is 6.08 Å². The second-order valence-corrected chi connectivity index (χ2v) is 9.11. The Morgan fingerprint density at radius 2 is 2.00 bits per heavy atom. The molecule has 30 heavy (non-hydrogen) atoms. The number of sulfonamides is 1. The fourth-order valence-corrected chi connectivity index (χ4v) is 3.41. The number of hydrogen-bond donors (Lipinski definition) is 3. The molecule has 0 saturated heterocycles. The van der Waals surface area contributed by atoms with Gasteiger partial charge >= 0.3 is 6.03 Å². The maximum atomic E-state index is 12.1. The number of hydrogen-bond acceptors (Lipinski definition) is 6. The van der Waals surface area contributed by atoms with E-state index in [1.54, 1.807) is 18.3 Å². The predicted molar refractivity (Wildman–Crippen MR) is 117 cm³/mol. The molecule has 3 rings (SSSR count). The van der Waals surface area contributed by atoms with Gasteiger partial charge in [0, 0.05) is 13.1 Å². The van der Waals surface area contributed by atoms with Crippen LogP contribution >= 0.6 is 0 Å². The molecular weight excluding hydrogens is 404 g/mol. The summed E-state index contributed by atoms with van der Waals surface area (Å²) >= 11 is 0. The Labute approximate surface area is 176 Å². The third-order valence-electron chi connectivity index (χ3n) is 4.51. The lowest BCUT2D eigenvalue weighted by Crippen LogP contribution is -2.30. The number of amides is 2. The summed E-state index contributed by atoms with van der Waals surface area (Å²) in [6, 6.07) is 3.06. The Morgan fingerprint density at radius 1 is 1.20 bits per heavy atom. The molecule has 1 aliphatic carbocycles. The van der Waals surface area contributed by atoms with E-state index < -0.39 is 10.0 Å². The monoisotopic (exact) mass is 430 g/mol. The molecule has 0 aliphatic heterocycles. The number of rotatable bonds is 8. The Kier molecular flexibility index (Phi) is 7.11. The van der Waals surface area contributed by atoms with Crippen LogP contribution in [0.5, 0.6) is 0 Å². The summed E-state index contributed by atoms with van der Waals surface area (Å²) < 4.78 is 24.4. The maximum absolute atomic E-state index is 12.1. The number of aromatic nitrogens is 3. The van der Waals surface area contributed by atoms with E-state index in [2.05, 4.69) is 49.4 Å². The van der Waals surface area contributed by atoms with Gasteiger partial charge in [-0.1, -0.05) is 25.2 Å². The van der Waals surface area contributed by atoms with Gasteiger partial charge in [0.1, 0.15) is 11.3 Å². The molecule has 3 N–H and O–H groups in total. The van der Waals surface area contributed by atoms with Crippen molar-refractivity contribution in [2.24, 2.45) is 5.92 Å². The number of pyridine rings is 1. The molecule has 1 atom stereocenters. The fourth-order valence-electron chi connectivity index (χ4n) is 2.89. The molecule has 0 radical (unpaired) electrons. The van der Waals surface area contributed by atoms with Gasteiger partial charge < -0.3 is 5.32 Å². The summed E-state index contributed by atoms with van der Waals surface area (Å²) in [5, 5.41) is 5.41. The molecule has 2 aromatic rings. The van der Waals surface area contributed by atoms with Crippen molar-refractivity contribution < 1.29 is 13.2 Å².